The van der Waals surface area contributed by atoms with E-state index in [1.54, 1.807) is 0 Å². The topological polar surface area (TPSA) is 59.4 Å². The predicted molar refractivity (Wildman–Crippen MR) is 47.6 cm³/mol. The van der Waals surface area contributed by atoms with Gasteiger partial charge in [-0.1, -0.05) is 6.07 Å². The molecule has 0 saturated heterocycles. The quantitative estimate of drug-likeness (QED) is 0.816. The molecule has 0 aliphatic heterocycles. The van der Waals surface area contributed by atoms with Gasteiger partial charge in [-0.2, -0.15) is 8.78 Å². The van der Waals surface area contributed by atoms with Gasteiger partial charge >= 0.3 is 18.3 Å². The number of rotatable bonds is 5. The number of ether oxygens (including phenoxy) is 1. The Kier molecular flexibility index (Phi) is 3.87. The van der Waals surface area contributed by atoms with E-state index in [2.05, 4.69) is 9.72 Å². The van der Waals surface area contributed by atoms with E-state index in [1.807, 2.05) is 0 Å². The van der Waals surface area contributed by atoms with Crippen molar-refractivity contribution in [2.24, 2.45) is 0 Å². The zero-order chi connectivity index (χ0) is 13.1. The lowest BCUT2D eigenvalue weighted by atomic mass is 10.3. The van der Waals surface area contributed by atoms with Crippen LogP contribution in [0.1, 0.15) is 10.5 Å². The number of hydrogen-bond acceptors (Lipinski definition) is 3. The number of nitrogens with zero attached hydrogens (tertiary/aromatic N) is 1. The molecule has 0 aliphatic carbocycles. The van der Waals surface area contributed by atoms with Crippen LogP contribution in [0.3, 0.4) is 0 Å². The normalized spacial score (nSPS) is 11.6. The summed E-state index contributed by atoms with van der Waals surface area (Å²) in [5.41, 5.74) is -0.428. The Morgan fingerprint density at radius 2 is 2.12 bits per heavy atom. The van der Waals surface area contributed by atoms with Crippen LogP contribution in [0.5, 0.6) is 5.88 Å². The first-order valence-electron chi connectivity index (χ1n) is 4.32. The summed E-state index contributed by atoms with van der Waals surface area (Å²) >= 11 is 0. The van der Waals surface area contributed by atoms with Crippen molar-refractivity contribution >= 4 is 5.97 Å². The molecule has 0 unspecified atom stereocenters. The molecule has 1 aromatic rings. The van der Waals surface area contributed by atoms with Gasteiger partial charge in [-0.05, 0) is 6.07 Å². The van der Waals surface area contributed by atoms with E-state index in [9.17, 15) is 22.4 Å². The summed E-state index contributed by atoms with van der Waals surface area (Å²) in [6.07, 6.45) is -3.86. The Morgan fingerprint density at radius 3 is 2.65 bits per heavy atom. The van der Waals surface area contributed by atoms with E-state index in [4.69, 9.17) is 5.11 Å². The van der Waals surface area contributed by atoms with Gasteiger partial charge in [0.25, 0.3) is 0 Å². The molecular formula is C9H7F4NO3. The summed E-state index contributed by atoms with van der Waals surface area (Å²) in [6, 6.07) is 3.40. The van der Waals surface area contributed by atoms with Gasteiger partial charge in [0.1, 0.15) is 0 Å². The van der Waals surface area contributed by atoms with Crippen LogP contribution in [0, 0.1) is 0 Å². The smallest absolute Gasteiger partial charge is 0.354 e. The van der Waals surface area contributed by atoms with E-state index in [-0.39, 0.29) is 0 Å². The van der Waals surface area contributed by atoms with Crippen LogP contribution >= 0.6 is 0 Å². The second-order valence-electron chi connectivity index (χ2n) is 3.02. The van der Waals surface area contributed by atoms with Crippen molar-refractivity contribution in [1.82, 2.24) is 4.98 Å². The zero-order valence-electron chi connectivity index (χ0n) is 8.24. The van der Waals surface area contributed by atoms with E-state index in [1.165, 1.54) is 6.07 Å². The van der Waals surface area contributed by atoms with E-state index in [0.717, 1.165) is 12.1 Å². The molecule has 94 valence electrons. The summed E-state index contributed by atoms with van der Waals surface area (Å²) in [5.74, 6) is -6.14. The van der Waals surface area contributed by atoms with Gasteiger partial charge in [0.05, 0.1) is 0 Å². The number of carbonyl (C=O) groups is 1. The number of carboxylic acid groups (broad SMARTS) is 1. The number of carboxylic acids is 1. The third-order valence-electron chi connectivity index (χ3n) is 1.67. The second-order valence-corrected chi connectivity index (χ2v) is 3.02. The van der Waals surface area contributed by atoms with Crippen LogP contribution in [0.4, 0.5) is 17.6 Å². The van der Waals surface area contributed by atoms with Crippen molar-refractivity contribution in [3.63, 3.8) is 0 Å². The molecule has 1 heterocycles. The fourth-order valence-electron chi connectivity index (χ4n) is 0.847. The first-order valence-corrected chi connectivity index (χ1v) is 4.32. The van der Waals surface area contributed by atoms with Crippen LogP contribution in [0.25, 0.3) is 0 Å². The number of alkyl halides is 4. The van der Waals surface area contributed by atoms with Gasteiger partial charge in [0.2, 0.25) is 5.88 Å². The van der Waals surface area contributed by atoms with Crippen molar-refractivity contribution in [3.05, 3.63) is 23.9 Å². The molecular weight excluding hydrogens is 246 g/mol. The number of hydrogen-bond donors (Lipinski definition) is 1. The monoisotopic (exact) mass is 253 g/mol. The van der Waals surface area contributed by atoms with Crippen molar-refractivity contribution in [2.75, 3.05) is 6.61 Å². The van der Waals surface area contributed by atoms with E-state index >= 15 is 0 Å². The molecule has 0 amide bonds. The average Bonchev–Trinajstić information content (AvgIpc) is 2.26. The first-order chi connectivity index (χ1) is 7.83. The summed E-state index contributed by atoms with van der Waals surface area (Å²) < 4.78 is 52.8. The van der Waals surface area contributed by atoms with Crippen LogP contribution < -0.4 is 4.74 Å². The Labute approximate surface area is 92.8 Å². The lowest BCUT2D eigenvalue weighted by Crippen LogP contribution is -2.33. The molecule has 0 atom stereocenters. The molecule has 0 fully saturated rings. The van der Waals surface area contributed by atoms with E-state index < -0.39 is 36.5 Å². The second kappa shape index (κ2) is 4.98. The van der Waals surface area contributed by atoms with Gasteiger partial charge in [-0.15, -0.1) is 0 Å². The van der Waals surface area contributed by atoms with Crippen molar-refractivity contribution in [3.8, 4) is 5.88 Å². The standard InChI is InChI=1S/C9H7F4NO3/c10-8(11)9(12,13)4-17-6-3-1-2-5(14-6)7(15)16/h1-3,8H,4H2,(H,15,16). The van der Waals surface area contributed by atoms with Gasteiger partial charge in [-0.3, -0.25) is 0 Å². The van der Waals surface area contributed by atoms with Gasteiger partial charge < -0.3 is 9.84 Å². The lowest BCUT2D eigenvalue weighted by molar-refractivity contribution is -0.148. The van der Waals surface area contributed by atoms with Crippen LogP contribution in [0.2, 0.25) is 0 Å². The minimum atomic E-state index is -4.30. The highest BCUT2D eigenvalue weighted by Gasteiger charge is 2.41. The molecule has 0 aliphatic rings. The Morgan fingerprint density at radius 1 is 1.47 bits per heavy atom. The highest BCUT2D eigenvalue weighted by Crippen LogP contribution is 2.23. The molecule has 0 saturated carbocycles. The lowest BCUT2D eigenvalue weighted by Gasteiger charge is -2.15. The fraction of sp³-hybridized carbons (Fsp3) is 0.333. The van der Waals surface area contributed by atoms with Crippen molar-refractivity contribution in [2.45, 2.75) is 12.3 Å². The molecule has 1 N–H and O–H groups in total. The van der Waals surface area contributed by atoms with Gasteiger partial charge in [0, 0.05) is 6.07 Å². The zero-order valence-corrected chi connectivity index (χ0v) is 8.24. The molecule has 0 spiro atoms. The average molecular weight is 253 g/mol. The summed E-state index contributed by atoms with van der Waals surface area (Å²) in [7, 11) is 0. The molecule has 0 bridgehead atoms. The number of halogens is 4. The summed E-state index contributed by atoms with van der Waals surface area (Å²) in [5, 5.41) is 8.54. The number of aromatic nitrogens is 1. The molecule has 17 heavy (non-hydrogen) atoms. The largest absolute Gasteiger partial charge is 0.477 e. The third kappa shape index (κ3) is 3.58. The van der Waals surface area contributed by atoms with Crippen LogP contribution in [-0.4, -0.2) is 35.0 Å². The fourth-order valence-corrected chi connectivity index (χ4v) is 0.847. The summed E-state index contributed by atoms with van der Waals surface area (Å²) in [4.78, 5) is 13.8. The van der Waals surface area contributed by atoms with Gasteiger partial charge in [-0.25, -0.2) is 18.6 Å². The van der Waals surface area contributed by atoms with Crippen LogP contribution in [0.15, 0.2) is 18.2 Å². The first kappa shape index (κ1) is 13.2. The highest BCUT2D eigenvalue weighted by molar-refractivity contribution is 5.85. The molecule has 1 rings (SSSR count). The molecule has 0 radical (unpaired) electrons. The molecule has 8 heteroatoms. The van der Waals surface area contributed by atoms with Crippen LogP contribution in [-0.2, 0) is 0 Å². The minimum Gasteiger partial charge on any atom is -0.477 e. The number of pyridine rings is 1. The maximum Gasteiger partial charge on any atom is 0.354 e. The van der Waals surface area contributed by atoms with E-state index in [0.29, 0.717) is 0 Å². The maximum atomic E-state index is 12.5. The van der Waals surface area contributed by atoms with Gasteiger partial charge in [0.15, 0.2) is 12.3 Å². The third-order valence-corrected chi connectivity index (χ3v) is 1.67. The Hall–Kier alpha value is -1.86. The Bertz CT molecular complexity index is 411. The molecule has 1 aromatic heterocycles. The minimum absolute atomic E-state index is 0.428. The Balaban J connectivity index is 2.70. The molecule has 0 aromatic carbocycles. The maximum absolute atomic E-state index is 12.5. The predicted octanol–water partition coefficient (Wildman–Crippen LogP) is 2.06. The SMILES string of the molecule is O=C(O)c1cccc(OCC(F)(F)C(F)F)n1. The highest BCUT2D eigenvalue weighted by atomic mass is 19.3. The van der Waals surface area contributed by atoms with Crippen molar-refractivity contribution < 1.29 is 32.2 Å². The summed E-state index contributed by atoms with van der Waals surface area (Å²) in [6.45, 7) is -1.57. The van der Waals surface area contributed by atoms with Crippen molar-refractivity contribution in [1.29, 1.82) is 0 Å². The number of aromatic carboxylic acids is 1. The molecule has 4 nitrogen and oxygen atoms in total.